The summed E-state index contributed by atoms with van der Waals surface area (Å²) in [5, 5.41) is 1.25. The number of nitrogens with zero attached hydrogens (tertiary/aromatic N) is 1. The summed E-state index contributed by atoms with van der Waals surface area (Å²) in [4.78, 5) is 11.6. The van der Waals surface area contributed by atoms with E-state index in [0.717, 1.165) is 36.7 Å². The van der Waals surface area contributed by atoms with Gasteiger partial charge in [-0.3, -0.25) is 4.79 Å². The van der Waals surface area contributed by atoms with Crippen molar-refractivity contribution in [2.45, 2.75) is 32.2 Å². The zero-order valence-corrected chi connectivity index (χ0v) is 11.8. The van der Waals surface area contributed by atoms with Crippen LogP contribution in [0.4, 0.5) is 0 Å². The molecule has 1 saturated carbocycles. The molecule has 3 rings (SSSR count). The summed E-state index contributed by atoms with van der Waals surface area (Å²) < 4.78 is 3.37. The van der Waals surface area contributed by atoms with E-state index >= 15 is 0 Å². The van der Waals surface area contributed by atoms with Crippen LogP contribution in [0, 0.1) is 5.92 Å². The predicted molar refractivity (Wildman–Crippen MR) is 76.6 cm³/mol. The van der Waals surface area contributed by atoms with Crippen LogP contribution < -0.4 is 0 Å². The molecule has 1 aliphatic rings. The molecule has 0 N–H and O–H groups in total. The van der Waals surface area contributed by atoms with Crippen LogP contribution in [-0.4, -0.2) is 10.4 Å². The second kappa shape index (κ2) is 4.88. The van der Waals surface area contributed by atoms with Crippen molar-refractivity contribution in [2.24, 2.45) is 5.92 Å². The third-order valence-electron chi connectivity index (χ3n) is 3.88. The number of aromatic nitrogens is 1. The van der Waals surface area contributed by atoms with Crippen molar-refractivity contribution in [3.63, 3.8) is 0 Å². The van der Waals surface area contributed by atoms with Gasteiger partial charge in [-0.2, -0.15) is 0 Å². The van der Waals surface area contributed by atoms with Gasteiger partial charge in [-0.15, -0.1) is 0 Å². The number of rotatable bonds is 3. The van der Waals surface area contributed by atoms with Gasteiger partial charge in [0, 0.05) is 40.5 Å². The number of carbonyl (C=O) groups excluding carboxylic acids is 1. The summed E-state index contributed by atoms with van der Waals surface area (Å²) in [7, 11) is 0. The van der Waals surface area contributed by atoms with Gasteiger partial charge >= 0.3 is 0 Å². The van der Waals surface area contributed by atoms with E-state index in [1.54, 1.807) is 0 Å². The Balaban J connectivity index is 1.76. The van der Waals surface area contributed by atoms with Crippen molar-refractivity contribution in [3.8, 4) is 0 Å². The molecular weight excluding hydrogens is 290 g/mol. The molecule has 0 amide bonds. The van der Waals surface area contributed by atoms with E-state index in [2.05, 4.69) is 51.0 Å². The molecule has 1 aromatic heterocycles. The van der Waals surface area contributed by atoms with Crippen molar-refractivity contribution in [1.29, 1.82) is 0 Å². The van der Waals surface area contributed by atoms with Gasteiger partial charge in [-0.25, -0.2) is 0 Å². The molecule has 2 aromatic rings. The summed E-state index contributed by atoms with van der Waals surface area (Å²) in [6.07, 6.45) is 6.08. The normalized spacial score (nSPS) is 19.8. The Kier molecular flexibility index (Phi) is 3.25. The van der Waals surface area contributed by atoms with Gasteiger partial charge in [0.15, 0.2) is 0 Å². The minimum atomic E-state index is 0.304. The van der Waals surface area contributed by atoms with Crippen molar-refractivity contribution >= 4 is 32.6 Å². The van der Waals surface area contributed by atoms with Gasteiger partial charge in [-0.05, 0) is 43.5 Å². The average molecular weight is 306 g/mol. The largest absolute Gasteiger partial charge is 0.347 e. The molecular formula is C15H16BrNO. The predicted octanol–water partition coefficient (Wildman–Crippen LogP) is 4.16. The van der Waals surface area contributed by atoms with E-state index in [9.17, 15) is 4.79 Å². The maximum absolute atomic E-state index is 11.6. The summed E-state index contributed by atoms with van der Waals surface area (Å²) >= 11 is 3.49. The Bertz CT molecular complexity index is 587. The Labute approximate surface area is 115 Å². The number of hydrogen-bond donors (Lipinski definition) is 0. The summed E-state index contributed by atoms with van der Waals surface area (Å²) in [5.41, 5.74) is 1.25. The van der Waals surface area contributed by atoms with Crippen molar-refractivity contribution in [2.75, 3.05) is 0 Å². The number of carbonyl (C=O) groups is 1. The molecule has 1 atom stereocenters. The molecule has 1 heterocycles. The number of Topliss-reactive ketones (excluding diaryl/α,β-unsaturated/α-hetero) is 1. The summed E-state index contributed by atoms with van der Waals surface area (Å²) in [6.45, 7) is 0.946. The second-order valence-electron chi connectivity index (χ2n) is 5.06. The van der Waals surface area contributed by atoms with Crippen LogP contribution in [-0.2, 0) is 11.3 Å². The van der Waals surface area contributed by atoms with Crippen molar-refractivity contribution in [1.82, 2.24) is 4.57 Å². The number of hydrogen-bond acceptors (Lipinski definition) is 1. The molecule has 0 aliphatic heterocycles. The Morgan fingerprint density at radius 1 is 1.33 bits per heavy atom. The van der Waals surface area contributed by atoms with Crippen molar-refractivity contribution in [3.05, 3.63) is 34.9 Å². The maximum Gasteiger partial charge on any atom is 0.136 e. The Morgan fingerprint density at radius 2 is 2.22 bits per heavy atom. The lowest BCUT2D eigenvalue weighted by Crippen LogP contribution is -2.09. The van der Waals surface area contributed by atoms with E-state index in [0.29, 0.717) is 11.7 Å². The number of benzene rings is 1. The van der Waals surface area contributed by atoms with Crippen LogP contribution >= 0.6 is 15.9 Å². The topological polar surface area (TPSA) is 22.0 Å². The van der Waals surface area contributed by atoms with E-state index in [4.69, 9.17) is 0 Å². The van der Waals surface area contributed by atoms with Crippen LogP contribution in [0.25, 0.3) is 10.9 Å². The van der Waals surface area contributed by atoms with Crippen LogP contribution in [0.2, 0.25) is 0 Å². The second-order valence-corrected chi connectivity index (χ2v) is 5.97. The quantitative estimate of drug-likeness (QED) is 0.834. The van der Waals surface area contributed by atoms with E-state index in [1.165, 1.54) is 10.9 Å². The highest BCUT2D eigenvalue weighted by atomic mass is 79.9. The first-order valence-corrected chi connectivity index (χ1v) is 7.30. The Morgan fingerprint density at radius 3 is 3.00 bits per heavy atom. The zero-order chi connectivity index (χ0) is 12.5. The third-order valence-corrected chi connectivity index (χ3v) is 4.38. The lowest BCUT2D eigenvalue weighted by Gasteiger charge is -2.09. The molecule has 1 aromatic carbocycles. The molecule has 0 spiro atoms. The molecule has 0 bridgehead atoms. The standard InChI is InChI=1S/C15H16BrNO/c16-13-4-5-14-12(10-13)7-9-17(14)8-6-11-2-1-3-15(11)18/h4-5,7,9-11H,1-3,6,8H2. The first-order chi connectivity index (χ1) is 8.74. The monoisotopic (exact) mass is 305 g/mol. The highest BCUT2D eigenvalue weighted by molar-refractivity contribution is 9.10. The van der Waals surface area contributed by atoms with Gasteiger partial charge in [0.1, 0.15) is 5.78 Å². The maximum atomic E-state index is 11.6. The lowest BCUT2D eigenvalue weighted by molar-refractivity contribution is -0.120. The number of fused-ring (bicyclic) bond motifs is 1. The SMILES string of the molecule is O=C1CCCC1CCn1ccc2cc(Br)ccc21. The molecule has 1 unspecified atom stereocenters. The minimum Gasteiger partial charge on any atom is -0.347 e. The zero-order valence-electron chi connectivity index (χ0n) is 10.2. The smallest absolute Gasteiger partial charge is 0.136 e. The van der Waals surface area contributed by atoms with Crippen LogP contribution in [0.1, 0.15) is 25.7 Å². The Hall–Kier alpha value is -1.09. The fourth-order valence-corrected chi connectivity index (χ4v) is 3.23. The van der Waals surface area contributed by atoms with Crippen LogP contribution in [0.5, 0.6) is 0 Å². The van der Waals surface area contributed by atoms with Crippen LogP contribution in [0.15, 0.2) is 34.9 Å². The average Bonchev–Trinajstić information content (AvgIpc) is 2.93. The highest BCUT2D eigenvalue weighted by Gasteiger charge is 2.23. The van der Waals surface area contributed by atoms with Crippen LogP contribution in [0.3, 0.4) is 0 Å². The van der Waals surface area contributed by atoms with Gasteiger partial charge < -0.3 is 4.57 Å². The molecule has 18 heavy (non-hydrogen) atoms. The van der Waals surface area contributed by atoms with E-state index in [-0.39, 0.29) is 0 Å². The fourth-order valence-electron chi connectivity index (χ4n) is 2.85. The summed E-state index contributed by atoms with van der Waals surface area (Å²) in [6, 6.07) is 8.47. The highest BCUT2D eigenvalue weighted by Crippen LogP contribution is 2.26. The molecule has 2 nitrogen and oxygen atoms in total. The van der Waals surface area contributed by atoms with Gasteiger partial charge in [0.25, 0.3) is 0 Å². The summed E-state index contributed by atoms with van der Waals surface area (Å²) in [5.74, 6) is 0.770. The minimum absolute atomic E-state index is 0.304. The fraction of sp³-hybridized carbons (Fsp3) is 0.400. The molecule has 0 radical (unpaired) electrons. The van der Waals surface area contributed by atoms with Gasteiger partial charge in [-0.1, -0.05) is 15.9 Å². The first kappa shape index (κ1) is 12.0. The number of halogens is 1. The van der Waals surface area contributed by atoms with Gasteiger partial charge in [0.2, 0.25) is 0 Å². The number of aryl methyl sites for hydroxylation is 1. The molecule has 1 aliphatic carbocycles. The van der Waals surface area contributed by atoms with Gasteiger partial charge in [0.05, 0.1) is 0 Å². The molecule has 0 saturated heterocycles. The lowest BCUT2D eigenvalue weighted by atomic mass is 10.0. The van der Waals surface area contributed by atoms with E-state index in [1.807, 2.05) is 0 Å². The third kappa shape index (κ3) is 2.24. The van der Waals surface area contributed by atoms with E-state index < -0.39 is 0 Å². The molecule has 3 heteroatoms. The first-order valence-electron chi connectivity index (χ1n) is 6.51. The van der Waals surface area contributed by atoms with Crippen molar-refractivity contribution < 1.29 is 4.79 Å². The molecule has 94 valence electrons. The molecule has 1 fully saturated rings. The number of ketones is 1.